The zero-order valence-electron chi connectivity index (χ0n) is 9.41. The van der Waals surface area contributed by atoms with E-state index in [0.29, 0.717) is 12.2 Å². The summed E-state index contributed by atoms with van der Waals surface area (Å²) in [5.74, 6) is -0.746. The van der Waals surface area contributed by atoms with Crippen molar-refractivity contribution in [1.82, 2.24) is 0 Å². The normalized spacial score (nSPS) is 9.60. The van der Waals surface area contributed by atoms with E-state index >= 15 is 0 Å². The molecular weight excluding hydrogens is 192 g/mol. The molecule has 15 heavy (non-hydrogen) atoms. The van der Waals surface area contributed by atoms with E-state index in [9.17, 15) is 9.59 Å². The van der Waals surface area contributed by atoms with Crippen molar-refractivity contribution in [3.05, 3.63) is 37.5 Å². The van der Waals surface area contributed by atoms with E-state index in [-0.39, 0.29) is 12.2 Å². The molecule has 0 aliphatic rings. The van der Waals surface area contributed by atoms with Gasteiger partial charge in [-0.05, 0) is 13.8 Å². The van der Waals surface area contributed by atoms with Gasteiger partial charge >= 0.3 is 5.97 Å². The van der Waals surface area contributed by atoms with Gasteiger partial charge in [0.15, 0.2) is 5.78 Å². The minimum Gasteiger partial charge on any atom is -0.466 e. The largest absolute Gasteiger partial charge is 0.466 e. The summed E-state index contributed by atoms with van der Waals surface area (Å²) in [5.41, 5.74) is 0.452. The fourth-order valence-corrected chi connectivity index (χ4v) is 0.838. The van der Waals surface area contributed by atoms with Crippen molar-refractivity contribution in [1.29, 1.82) is 0 Å². The quantitative estimate of drug-likeness (QED) is 0.230. The van der Waals surface area contributed by atoms with Crippen molar-refractivity contribution in [2.45, 2.75) is 20.3 Å². The average molecular weight is 210 g/mol. The molecule has 0 N–H and O–H groups in total. The van der Waals surface area contributed by atoms with Crippen LogP contribution in [0.15, 0.2) is 37.5 Å². The van der Waals surface area contributed by atoms with Gasteiger partial charge in [0, 0.05) is 5.57 Å². The first-order valence-electron chi connectivity index (χ1n) is 4.63. The lowest BCUT2D eigenvalue weighted by Crippen LogP contribution is -2.11. The highest BCUT2D eigenvalue weighted by atomic mass is 16.5. The van der Waals surface area contributed by atoms with Crippen LogP contribution in [0.1, 0.15) is 20.3 Å². The van der Waals surface area contributed by atoms with Crippen molar-refractivity contribution in [2.75, 3.05) is 6.61 Å². The Kier molecular flexibility index (Phi) is 11.0. The first kappa shape index (κ1) is 15.8. The summed E-state index contributed by atoms with van der Waals surface area (Å²) < 4.78 is 4.63. The molecule has 0 unspecified atom stereocenters. The maximum Gasteiger partial charge on any atom is 0.313 e. The van der Waals surface area contributed by atoms with Gasteiger partial charge in [-0.2, -0.15) is 0 Å². The van der Waals surface area contributed by atoms with E-state index < -0.39 is 5.97 Å². The molecule has 0 amide bonds. The maximum atomic E-state index is 11.3. The summed E-state index contributed by atoms with van der Waals surface area (Å²) in [4.78, 5) is 22.1. The number of hydrogen-bond donors (Lipinski definition) is 0. The number of esters is 1. The molecule has 3 heteroatoms. The monoisotopic (exact) mass is 210 g/mol. The van der Waals surface area contributed by atoms with Gasteiger partial charge in [0.25, 0.3) is 0 Å². The Labute approximate surface area is 91.1 Å². The molecule has 0 aromatic carbocycles. The zero-order valence-corrected chi connectivity index (χ0v) is 9.41. The second-order valence-electron chi connectivity index (χ2n) is 2.35. The molecule has 0 atom stereocenters. The number of hydrogen-bond acceptors (Lipinski definition) is 3. The molecule has 84 valence electrons. The van der Waals surface area contributed by atoms with Crippen LogP contribution in [0.3, 0.4) is 0 Å². The van der Waals surface area contributed by atoms with Gasteiger partial charge in [-0.15, -0.1) is 13.2 Å². The lowest BCUT2D eigenvalue weighted by molar-refractivity contribution is -0.144. The van der Waals surface area contributed by atoms with Gasteiger partial charge in [-0.25, -0.2) is 0 Å². The number of ether oxygens (including phenoxy) is 1. The van der Waals surface area contributed by atoms with Crippen LogP contribution in [0, 0.1) is 0 Å². The molecule has 0 fully saturated rings. The predicted octanol–water partition coefficient (Wildman–Crippen LogP) is 2.44. The molecule has 0 rings (SSSR count). The fourth-order valence-electron chi connectivity index (χ4n) is 0.838. The van der Waals surface area contributed by atoms with E-state index in [0.717, 1.165) is 0 Å². The molecule has 0 aliphatic heterocycles. The van der Waals surface area contributed by atoms with Crippen LogP contribution < -0.4 is 0 Å². The third-order valence-corrected chi connectivity index (χ3v) is 1.46. The summed E-state index contributed by atoms with van der Waals surface area (Å²) in [6, 6.07) is 0. The van der Waals surface area contributed by atoms with Gasteiger partial charge < -0.3 is 4.74 Å². The average Bonchev–Trinajstić information content (AvgIpc) is 2.22. The van der Waals surface area contributed by atoms with Crippen LogP contribution in [0.5, 0.6) is 0 Å². The van der Waals surface area contributed by atoms with Crippen LogP contribution in [0.4, 0.5) is 0 Å². The molecule has 0 radical (unpaired) electrons. The molecule has 0 aromatic heterocycles. The predicted molar refractivity (Wildman–Crippen MR) is 61.5 cm³/mol. The van der Waals surface area contributed by atoms with E-state index in [2.05, 4.69) is 24.5 Å². The number of ketones is 1. The van der Waals surface area contributed by atoms with Gasteiger partial charge in [-0.1, -0.05) is 18.7 Å². The summed E-state index contributed by atoms with van der Waals surface area (Å²) in [5, 5.41) is 0. The lowest BCUT2D eigenvalue weighted by atomic mass is 10.1. The second kappa shape index (κ2) is 10.4. The van der Waals surface area contributed by atoms with Gasteiger partial charge in [0.1, 0.15) is 6.42 Å². The van der Waals surface area contributed by atoms with E-state index in [4.69, 9.17) is 0 Å². The zero-order chi connectivity index (χ0) is 12.3. The molecule has 0 saturated heterocycles. The SMILES string of the molecule is C=C.C=C/C(=C\C)C(=O)CC(=O)OCC. The van der Waals surface area contributed by atoms with Crippen LogP contribution in [-0.2, 0) is 14.3 Å². The third-order valence-electron chi connectivity index (χ3n) is 1.46. The Morgan fingerprint density at radius 2 is 1.87 bits per heavy atom. The number of carbonyl (C=O) groups is 2. The van der Waals surface area contributed by atoms with Gasteiger partial charge in [-0.3, -0.25) is 9.59 Å². The highest BCUT2D eigenvalue weighted by Gasteiger charge is 2.11. The van der Waals surface area contributed by atoms with E-state index in [1.165, 1.54) is 6.08 Å². The Balaban J connectivity index is 0. The highest BCUT2D eigenvalue weighted by Crippen LogP contribution is 2.02. The number of carbonyl (C=O) groups excluding carboxylic acids is 2. The maximum absolute atomic E-state index is 11.3. The number of Topliss-reactive ketones (excluding diaryl/α,β-unsaturated/α-hetero) is 1. The van der Waals surface area contributed by atoms with Crippen molar-refractivity contribution in [3.63, 3.8) is 0 Å². The molecule has 0 aliphatic carbocycles. The van der Waals surface area contributed by atoms with Crippen molar-refractivity contribution < 1.29 is 14.3 Å². The highest BCUT2D eigenvalue weighted by molar-refractivity contribution is 6.07. The van der Waals surface area contributed by atoms with Gasteiger partial charge in [0.2, 0.25) is 0 Å². The Bertz CT molecular complexity index is 252. The third kappa shape index (κ3) is 7.43. The number of allylic oxidation sites excluding steroid dienone is 3. The molecule has 0 aromatic rings. The molecule has 0 bridgehead atoms. The van der Waals surface area contributed by atoms with Crippen LogP contribution >= 0.6 is 0 Å². The minimum atomic E-state index is -0.492. The summed E-state index contributed by atoms with van der Waals surface area (Å²) in [7, 11) is 0. The summed E-state index contributed by atoms with van der Waals surface area (Å²) >= 11 is 0. The molecule has 0 heterocycles. The summed E-state index contributed by atoms with van der Waals surface area (Å²) in [6.07, 6.45) is 2.84. The smallest absolute Gasteiger partial charge is 0.313 e. The molecule has 0 spiro atoms. The van der Waals surface area contributed by atoms with Crippen LogP contribution in [0.25, 0.3) is 0 Å². The van der Waals surface area contributed by atoms with Gasteiger partial charge in [0.05, 0.1) is 6.61 Å². The van der Waals surface area contributed by atoms with E-state index in [1.54, 1.807) is 19.9 Å². The minimum absolute atomic E-state index is 0.209. The van der Waals surface area contributed by atoms with Crippen LogP contribution in [-0.4, -0.2) is 18.4 Å². The first-order chi connectivity index (χ1) is 7.15. The van der Waals surface area contributed by atoms with E-state index in [1.807, 2.05) is 0 Å². The fraction of sp³-hybridized carbons (Fsp3) is 0.333. The standard InChI is InChI=1S/C10H14O3.C2H4/c1-4-8(5-2)9(11)7-10(12)13-6-3;1-2/h4-5H,1,6-7H2,2-3H3;1-2H2/b8-5+;. The van der Waals surface area contributed by atoms with Crippen LogP contribution in [0.2, 0.25) is 0 Å². The topological polar surface area (TPSA) is 43.4 Å². The summed E-state index contributed by atoms with van der Waals surface area (Å²) in [6.45, 7) is 13.2. The first-order valence-corrected chi connectivity index (χ1v) is 4.63. The lowest BCUT2D eigenvalue weighted by Gasteiger charge is -2.00. The van der Waals surface area contributed by atoms with Crippen molar-refractivity contribution in [2.24, 2.45) is 0 Å². The molecular formula is C12H18O3. The van der Waals surface area contributed by atoms with Crippen molar-refractivity contribution >= 4 is 11.8 Å². The second-order valence-corrected chi connectivity index (χ2v) is 2.35. The molecule has 3 nitrogen and oxygen atoms in total. The Morgan fingerprint density at radius 3 is 2.20 bits per heavy atom. The Morgan fingerprint density at radius 1 is 1.33 bits per heavy atom. The number of rotatable bonds is 5. The van der Waals surface area contributed by atoms with Crippen molar-refractivity contribution in [3.8, 4) is 0 Å². The Hall–Kier alpha value is -1.64. The molecule has 0 saturated carbocycles.